The second kappa shape index (κ2) is 5.33. The fourth-order valence-electron chi connectivity index (χ4n) is 2.43. The molecule has 5 heteroatoms. The second-order valence-electron chi connectivity index (χ2n) is 4.92. The fourth-order valence-corrected chi connectivity index (χ4v) is 2.88. The number of nitrogens with one attached hydrogen (secondary N) is 1. The highest BCUT2D eigenvalue weighted by molar-refractivity contribution is 9.10. The first-order valence-electron chi connectivity index (χ1n) is 6.58. The number of nitrogen functional groups attached to an aromatic ring is 1. The predicted octanol–water partition coefficient (Wildman–Crippen LogP) is 2.55. The first-order chi connectivity index (χ1) is 10.1. The molecule has 0 saturated heterocycles. The standard InChI is InChI=1S/C16H13BrN2O2/c17-14-11(2-1-3-13(14)18)15(20)10-5-4-9-6-7-19-16(21)12(9)8-10/h1-5,8H,6-7,18H2,(H,19,21). The maximum absolute atomic E-state index is 12.6. The van der Waals surface area contributed by atoms with Crippen molar-refractivity contribution in [2.24, 2.45) is 0 Å². The normalized spacial score (nSPS) is 13.5. The number of ketones is 1. The number of hydrogen-bond donors (Lipinski definition) is 2. The van der Waals surface area contributed by atoms with E-state index in [4.69, 9.17) is 5.73 Å². The topological polar surface area (TPSA) is 72.2 Å². The average Bonchev–Trinajstić information content (AvgIpc) is 2.49. The van der Waals surface area contributed by atoms with Crippen LogP contribution in [-0.4, -0.2) is 18.2 Å². The van der Waals surface area contributed by atoms with E-state index in [2.05, 4.69) is 21.2 Å². The molecule has 21 heavy (non-hydrogen) atoms. The highest BCUT2D eigenvalue weighted by Crippen LogP contribution is 2.27. The van der Waals surface area contributed by atoms with Crippen LogP contribution in [0.2, 0.25) is 0 Å². The van der Waals surface area contributed by atoms with Crippen LogP contribution in [0.5, 0.6) is 0 Å². The van der Waals surface area contributed by atoms with E-state index in [1.54, 1.807) is 30.3 Å². The van der Waals surface area contributed by atoms with Gasteiger partial charge in [-0.25, -0.2) is 0 Å². The van der Waals surface area contributed by atoms with Gasteiger partial charge in [0, 0.05) is 28.9 Å². The van der Waals surface area contributed by atoms with Gasteiger partial charge in [-0.05, 0) is 46.1 Å². The zero-order valence-electron chi connectivity index (χ0n) is 11.2. The van der Waals surface area contributed by atoms with Crippen molar-refractivity contribution in [1.29, 1.82) is 0 Å². The van der Waals surface area contributed by atoms with Crippen molar-refractivity contribution in [3.05, 3.63) is 63.1 Å². The lowest BCUT2D eigenvalue weighted by molar-refractivity contribution is 0.0946. The van der Waals surface area contributed by atoms with E-state index in [1.165, 1.54) is 0 Å². The molecule has 3 N–H and O–H groups in total. The molecule has 1 heterocycles. The monoisotopic (exact) mass is 344 g/mol. The number of rotatable bonds is 2. The second-order valence-corrected chi connectivity index (χ2v) is 5.71. The summed E-state index contributed by atoms with van der Waals surface area (Å²) in [5, 5.41) is 2.79. The Morgan fingerprint density at radius 3 is 2.86 bits per heavy atom. The highest BCUT2D eigenvalue weighted by atomic mass is 79.9. The molecule has 0 fully saturated rings. The summed E-state index contributed by atoms with van der Waals surface area (Å²) in [7, 11) is 0. The maximum atomic E-state index is 12.6. The Morgan fingerprint density at radius 2 is 2.05 bits per heavy atom. The Hall–Kier alpha value is -2.14. The average molecular weight is 345 g/mol. The van der Waals surface area contributed by atoms with Crippen molar-refractivity contribution in [2.45, 2.75) is 6.42 Å². The quantitative estimate of drug-likeness (QED) is 0.649. The Morgan fingerprint density at radius 1 is 1.24 bits per heavy atom. The van der Waals surface area contributed by atoms with Gasteiger partial charge in [0.1, 0.15) is 0 Å². The van der Waals surface area contributed by atoms with Crippen LogP contribution in [0.3, 0.4) is 0 Å². The van der Waals surface area contributed by atoms with Crippen LogP contribution in [0.25, 0.3) is 0 Å². The highest BCUT2D eigenvalue weighted by Gasteiger charge is 2.20. The van der Waals surface area contributed by atoms with Crippen LogP contribution < -0.4 is 11.1 Å². The molecule has 0 spiro atoms. The molecule has 1 aliphatic heterocycles. The number of fused-ring (bicyclic) bond motifs is 1. The molecule has 0 unspecified atom stereocenters. The largest absolute Gasteiger partial charge is 0.398 e. The maximum Gasteiger partial charge on any atom is 0.251 e. The predicted molar refractivity (Wildman–Crippen MR) is 84.5 cm³/mol. The molecule has 0 aromatic heterocycles. The number of carbonyl (C=O) groups is 2. The third-order valence-electron chi connectivity index (χ3n) is 3.57. The number of nitrogens with two attached hydrogens (primary N) is 1. The van der Waals surface area contributed by atoms with Crippen LogP contribution in [0, 0.1) is 0 Å². The summed E-state index contributed by atoms with van der Waals surface area (Å²) in [6, 6.07) is 10.4. The molecule has 1 amide bonds. The van der Waals surface area contributed by atoms with E-state index in [0.717, 1.165) is 12.0 Å². The number of benzene rings is 2. The lowest BCUT2D eigenvalue weighted by Gasteiger charge is -2.17. The van der Waals surface area contributed by atoms with Crippen molar-refractivity contribution in [3.8, 4) is 0 Å². The van der Waals surface area contributed by atoms with E-state index in [1.807, 2.05) is 6.07 Å². The van der Waals surface area contributed by atoms with Gasteiger partial charge in [0.25, 0.3) is 5.91 Å². The van der Waals surface area contributed by atoms with E-state index < -0.39 is 0 Å². The summed E-state index contributed by atoms with van der Waals surface area (Å²) in [4.78, 5) is 24.5. The third-order valence-corrected chi connectivity index (χ3v) is 4.45. The molecule has 0 atom stereocenters. The fraction of sp³-hybridized carbons (Fsp3) is 0.125. The molecule has 0 radical (unpaired) electrons. The molecule has 2 aromatic rings. The minimum absolute atomic E-state index is 0.127. The van der Waals surface area contributed by atoms with E-state index in [0.29, 0.717) is 33.4 Å². The van der Waals surface area contributed by atoms with Gasteiger partial charge in [0.2, 0.25) is 0 Å². The Labute approximate surface area is 130 Å². The van der Waals surface area contributed by atoms with Gasteiger partial charge in [0.15, 0.2) is 5.78 Å². The van der Waals surface area contributed by atoms with Crippen molar-refractivity contribution < 1.29 is 9.59 Å². The van der Waals surface area contributed by atoms with Crippen LogP contribution in [0.4, 0.5) is 5.69 Å². The van der Waals surface area contributed by atoms with Crippen molar-refractivity contribution in [1.82, 2.24) is 5.32 Å². The van der Waals surface area contributed by atoms with Gasteiger partial charge in [-0.15, -0.1) is 0 Å². The third kappa shape index (κ3) is 2.45. The smallest absolute Gasteiger partial charge is 0.251 e. The molecule has 2 aromatic carbocycles. The summed E-state index contributed by atoms with van der Waals surface area (Å²) < 4.78 is 0.581. The first-order valence-corrected chi connectivity index (χ1v) is 7.37. The molecule has 3 rings (SSSR count). The number of hydrogen-bond acceptors (Lipinski definition) is 3. The number of carbonyl (C=O) groups excluding carboxylic acids is 2. The minimum Gasteiger partial charge on any atom is -0.398 e. The molecular formula is C16H13BrN2O2. The van der Waals surface area contributed by atoms with Crippen LogP contribution >= 0.6 is 15.9 Å². The first kappa shape index (κ1) is 13.8. The molecule has 0 bridgehead atoms. The van der Waals surface area contributed by atoms with E-state index in [-0.39, 0.29) is 11.7 Å². The molecule has 4 nitrogen and oxygen atoms in total. The number of halogens is 1. The number of amides is 1. The molecular weight excluding hydrogens is 332 g/mol. The molecule has 1 aliphatic rings. The van der Waals surface area contributed by atoms with Gasteiger partial charge in [-0.3, -0.25) is 9.59 Å². The lowest BCUT2D eigenvalue weighted by Crippen LogP contribution is -2.32. The van der Waals surface area contributed by atoms with Gasteiger partial charge >= 0.3 is 0 Å². The summed E-state index contributed by atoms with van der Waals surface area (Å²) in [5.74, 6) is -0.284. The number of anilines is 1. The zero-order valence-corrected chi connectivity index (χ0v) is 12.7. The Balaban J connectivity index is 2.05. The zero-order chi connectivity index (χ0) is 15.0. The van der Waals surface area contributed by atoms with Crippen LogP contribution in [-0.2, 0) is 6.42 Å². The minimum atomic E-state index is -0.157. The van der Waals surface area contributed by atoms with Crippen molar-refractivity contribution >= 4 is 33.3 Å². The van der Waals surface area contributed by atoms with Crippen molar-refractivity contribution in [3.63, 3.8) is 0 Å². The van der Waals surface area contributed by atoms with Gasteiger partial charge in [0.05, 0.1) is 4.47 Å². The van der Waals surface area contributed by atoms with Crippen molar-refractivity contribution in [2.75, 3.05) is 12.3 Å². The molecule has 0 saturated carbocycles. The Bertz CT molecular complexity index is 756. The summed E-state index contributed by atoms with van der Waals surface area (Å²) >= 11 is 3.34. The lowest BCUT2D eigenvalue weighted by atomic mass is 9.94. The Kier molecular flexibility index (Phi) is 3.51. The molecule has 0 aliphatic carbocycles. The van der Waals surface area contributed by atoms with E-state index in [9.17, 15) is 9.59 Å². The summed E-state index contributed by atoms with van der Waals surface area (Å²) in [6.07, 6.45) is 0.789. The summed E-state index contributed by atoms with van der Waals surface area (Å²) in [6.45, 7) is 0.639. The van der Waals surface area contributed by atoms with E-state index >= 15 is 0 Å². The van der Waals surface area contributed by atoms with Gasteiger partial charge in [-0.1, -0.05) is 18.2 Å². The SMILES string of the molecule is Nc1cccc(C(=O)c2ccc3c(c2)C(=O)NCC3)c1Br. The van der Waals surface area contributed by atoms with Crippen LogP contribution in [0.1, 0.15) is 31.8 Å². The van der Waals surface area contributed by atoms with Gasteiger partial charge in [-0.2, -0.15) is 0 Å². The van der Waals surface area contributed by atoms with Crippen LogP contribution in [0.15, 0.2) is 40.9 Å². The molecule has 106 valence electrons. The summed E-state index contributed by atoms with van der Waals surface area (Å²) in [5.41, 5.74) is 8.84. The van der Waals surface area contributed by atoms with Gasteiger partial charge < -0.3 is 11.1 Å².